The quantitative estimate of drug-likeness (QED) is 0.843. The van der Waals surface area contributed by atoms with E-state index in [-0.39, 0.29) is 11.9 Å². The molecule has 0 heterocycles. The van der Waals surface area contributed by atoms with Crippen LogP contribution in [-0.2, 0) is 6.42 Å². The lowest BCUT2D eigenvalue weighted by atomic mass is 10.1. The second kappa shape index (κ2) is 6.87. The highest BCUT2D eigenvalue weighted by Crippen LogP contribution is 2.16. The SMILES string of the molecule is Cc1ccc(C(C)NCCc2ccc(Cl)cc2)cc1F. The molecule has 0 aliphatic carbocycles. The van der Waals surface area contributed by atoms with Crippen molar-refractivity contribution in [3.8, 4) is 0 Å². The second-order valence-electron chi connectivity index (χ2n) is 5.06. The fraction of sp³-hybridized carbons (Fsp3) is 0.294. The highest BCUT2D eigenvalue weighted by Gasteiger charge is 2.07. The number of aryl methyl sites for hydroxylation is 1. The second-order valence-corrected chi connectivity index (χ2v) is 5.50. The summed E-state index contributed by atoms with van der Waals surface area (Å²) in [4.78, 5) is 0. The summed E-state index contributed by atoms with van der Waals surface area (Å²) in [5, 5.41) is 4.16. The lowest BCUT2D eigenvalue weighted by molar-refractivity contribution is 0.565. The minimum Gasteiger partial charge on any atom is -0.310 e. The molecule has 0 amide bonds. The summed E-state index contributed by atoms with van der Waals surface area (Å²) in [6.45, 7) is 4.67. The van der Waals surface area contributed by atoms with Crippen LogP contribution in [-0.4, -0.2) is 6.54 Å². The number of hydrogen-bond donors (Lipinski definition) is 1. The number of benzene rings is 2. The van der Waals surface area contributed by atoms with Gasteiger partial charge in [0, 0.05) is 11.1 Å². The van der Waals surface area contributed by atoms with E-state index in [9.17, 15) is 4.39 Å². The van der Waals surface area contributed by atoms with Crippen molar-refractivity contribution in [2.75, 3.05) is 6.54 Å². The summed E-state index contributed by atoms with van der Waals surface area (Å²) in [6, 6.07) is 13.4. The summed E-state index contributed by atoms with van der Waals surface area (Å²) in [5.41, 5.74) is 2.90. The molecule has 0 bridgehead atoms. The molecule has 20 heavy (non-hydrogen) atoms. The van der Waals surface area contributed by atoms with Crippen molar-refractivity contribution in [3.63, 3.8) is 0 Å². The summed E-state index contributed by atoms with van der Waals surface area (Å²) in [7, 11) is 0. The molecule has 0 saturated carbocycles. The van der Waals surface area contributed by atoms with Crippen molar-refractivity contribution < 1.29 is 4.39 Å². The van der Waals surface area contributed by atoms with Gasteiger partial charge in [-0.3, -0.25) is 0 Å². The fourth-order valence-electron chi connectivity index (χ4n) is 2.08. The van der Waals surface area contributed by atoms with Crippen LogP contribution < -0.4 is 5.32 Å². The minimum atomic E-state index is -0.145. The van der Waals surface area contributed by atoms with Crippen LogP contribution in [0.2, 0.25) is 5.02 Å². The topological polar surface area (TPSA) is 12.0 Å². The van der Waals surface area contributed by atoms with E-state index in [0.29, 0.717) is 5.56 Å². The summed E-state index contributed by atoms with van der Waals surface area (Å²) in [6.07, 6.45) is 0.926. The standard InChI is InChI=1S/C17H19ClFN/c1-12-3-6-15(11-17(12)19)13(2)20-10-9-14-4-7-16(18)8-5-14/h3-8,11,13,20H,9-10H2,1-2H3. The van der Waals surface area contributed by atoms with Gasteiger partial charge in [-0.05, 0) is 61.7 Å². The monoisotopic (exact) mass is 291 g/mol. The molecule has 0 saturated heterocycles. The molecule has 2 rings (SSSR count). The van der Waals surface area contributed by atoms with Crippen molar-refractivity contribution >= 4 is 11.6 Å². The molecule has 1 atom stereocenters. The molecule has 1 N–H and O–H groups in total. The van der Waals surface area contributed by atoms with E-state index in [0.717, 1.165) is 23.6 Å². The maximum absolute atomic E-state index is 13.5. The molecule has 2 aromatic rings. The first-order valence-corrected chi connectivity index (χ1v) is 7.18. The van der Waals surface area contributed by atoms with Crippen LogP contribution in [0.5, 0.6) is 0 Å². The van der Waals surface area contributed by atoms with E-state index >= 15 is 0 Å². The fourth-order valence-corrected chi connectivity index (χ4v) is 2.21. The van der Waals surface area contributed by atoms with Gasteiger partial charge in [0.05, 0.1) is 0 Å². The Morgan fingerprint density at radius 1 is 1.15 bits per heavy atom. The predicted molar refractivity (Wildman–Crippen MR) is 82.7 cm³/mol. The summed E-state index contributed by atoms with van der Waals surface area (Å²) in [5.74, 6) is -0.145. The van der Waals surface area contributed by atoms with Crippen LogP contribution in [0, 0.1) is 12.7 Å². The third-order valence-corrected chi connectivity index (χ3v) is 3.73. The van der Waals surface area contributed by atoms with Crippen molar-refractivity contribution in [3.05, 3.63) is 70.0 Å². The van der Waals surface area contributed by atoms with Crippen molar-refractivity contribution in [2.24, 2.45) is 0 Å². The Kier molecular flexibility index (Phi) is 5.16. The van der Waals surface area contributed by atoms with Gasteiger partial charge in [-0.2, -0.15) is 0 Å². The van der Waals surface area contributed by atoms with Crippen molar-refractivity contribution in [1.29, 1.82) is 0 Å². The molecule has 0 fully saturated rings. The van der Waals surface area contributed by atoms with E-state index in [1.807, 2.05) is 43.3 Å². The molecule has 106 valence electrons. The molecule has 1 nitrogen and oxygen atoms in total. The van der Waals surface area contributed by atoms with E-state index in [4.69, 9.17) is 11.6 Å². The maximum atomic E-state index is 13.5. The first kappa shape index (κ1) is 15.0. The Bertz CT molecular complexity index is 566. The zero-order valence-electron chi connectivity index (χ0n) is 11.8. The van der Waals surface area contributed by atoms with Gasteiger partial charge in [-0.15, -0.1) is 0 Å². The van der Waals surface area contributed by atoms with Crippen LogP contribution >= 0.6 is 11.6 Å². The van der Waals surface area contributed by atoms with Gasteiger partial charge in [0.1, 0.15) is 5.82 Å². The van der Waals surface area contributed by atoms with Gasteiger partial charge in [-0.25, -0.2) is 4.39 Å². The molecule has 3 heteroatoms. The Balaban J connectivity index is 1.87. The van der Waals surface area contributed by atoms with Crippen LogP contribution in [0.4, 0.5) is 4.39 Å². The average Bonchev–Trinajstić information content (AvgIpc) is 2.44. The zero-order chi connectivity index (χ0) is 14.5. The Labute approximate surface area is 124 Å². The lowest BCUT2D eigenvalue weighted by Gasteiger charge is -2.15. The number of nitrogens with one attached hydrogen (secondary N) is 1. The number of rotatable bonds is 5. The summed E-state index contributed by atoms with van der Waals surface area (Å²) >= 11 is 5.85. The van der Waals surface area contributed by atoms with Gasteiger partial charge >= 0.3 is 0 Å². The minimum absolute atomic E-state index is 0.136. The normalized spacial score (nSPS) is 12.4. The maximum Gasteiger partial charge on any atom is 0.126 e. The first-order valence-electron chi connectivity index (χ1n) is 6.80. The van der Waals surface area contributed by atoms with E-state index in [1.54, 1.807) is 13.0 Å². The molecule has 0 aliphatic heterocycles. The average molecular weight is 292 g/mol. The highest BCUT2D eigenvalue weighted by atomic mass is 35.5. The first-order chi connectivity index (χ1) is 9.56. The lowest BCUT2D eigenvalue weighted by Crippen LogP contribution is -2.21. The summed E-state index contributed by atoms with van der Waals surface area (Å²) < 4.78 is 13.5. The molecule has 2 aromatic carbocycles. The van der Waals surface area contributed by atoms with Gasteiger partial charge in [0.25, 0.3) is 0 Å². The van der Waals surface area contributed by atoms with Gasteiger partial charge in [0.2, 0.25) is 0 Å². The van der Waals surface area contributed by atoms with Crippen LogP contribution in [0.25, 0.3) is 0 Å². The third kappa shape index (κ3) is 4.06. The van der Waals surface area contributed by atoms with Crippen molar-refractivity contribution in [1.82, 2.24) is 5.32 Å². The number of hydrogen-bond acceptors (Lipinski definition) is 1. The van der Waals surface area contributed by atoms with E-state index in [2.05, 4.69) is 5.32 Å². The number of halogens is 2. The smallest absolute Gasteiger partial charge is 0.126 e. The van der Waals surface area contributed by atoms with Gasteiger partial charge in [0.15, 0.2) is 0 Å². The molecule has 0 aromatic heterocycles. The van der Waals surface area contributed by atoms with Gasteiger partial charge in [-0.1, -0.05) is 35.9 Å². The Morgan fingerprint density at radius 3 is 2.50 bits per heavy atom. The van der Waals surface area contributed by atoms with Crippen LogP contribution in [0.1, 0.15) is 29.7 Å². The Hall–Kier alpha value is -1.38. The molecule has 0 aliphatic rings. The molecule has 1 unspecified atom stereocenters. The van der Waals surface area contributed by atoms with E-state index < -0.39 is 0 Å². The molecular weight excluding hydrogens is 273 g/mol. The predicted octanol–water partition coefficient (Wildman–Crippen LogP) is 4.68. The van der Waals surface area contributed by atoms with Crippen LogP contribution in [0.3, 0.4) is 0 Å². The van der Waals surface area contributed by atoms with Crippen molar-refractivity contribution in [2.45, 2.75) is 26.3 Å². The third-order valence-electron chi connectivity index (χ3n) is 3.47. The zero-order valence-corrected chi connectivity index (χ0v) is 12.5. The largest absolute Gasteiger partial charge is 0.310 e. The molecule has 0 spiro atoms. The van der Waals surface area contributed by atoms with Crippen LogP contribution in [0.15, 0.2) is 42.5 Å². The molecule has 0 radical (unpaired) electrons. The van der Waals surface area contributed by atoms with Gasteiger partial charge < -0.3 is 5.32 Å². The Morgan fingerprint density at radius 2 is 1.85 bits per heavy atom. The van der Waals surface area contributed by atoms with E-state index in [1.165, 1.54) is 5.56 Å². The highest BCUT2D eigenvalue weighted by molar-refractivity contribution is 6.30. The molecular formula is C17H19ClFN.